The summed E-state index contributed by atoms with van der Waals surface area (Å²) in [6.07, 6.45) is 2.31. The number of esters is 1. The molecule has 9 heteroatoms. The molecule has 3 rings (SSSR count). The smallest absolute Gasteiger partial charge is 0.308 e. The second kappa shape index (κ2) is 12.1. The first-order valence-electron chi connectivity index (χ1n) is 12.0. The highest BCUT2D eigenvalue weighted by molar-refractivity contribution is 7.14. The molecule has 0 fully saturated rings. The van der Waals surface area contributed by atoms with Crippen LogP contribution in [0.1, 0.15) is 48.0 Å². The highest BCUT2D eigenvalue weighted by Gasteiger charge is 2.30. The van der Waals surface area contributed by atoms with Gasteiger partial charge in [0.1, 0.15) is 16.9 Å². The number of halogens is 1. The van der Waals surface area contributed by atoms with Gasteiger partial charge in [0.05, 0.1) is 13.0 Å². The summed E-state index contributed by atoms with van der Waals surface area (Å²) in [6.45, 7) is 7.31. The van der Waals surface area contributed by atoms with Crippen molar-refractivity contribution >= 4 is 29.1 Å². The fraction of sp³-hybridized carbons (Fsp3) is 0.357. The summed E-state index contributed by atoms with van der Waals surface area (Å²) in [5.74, 6) is -2.28. The van der Waals surface area contributed by atoms with Crippen molar-refractivity contribution in [2.45, 2.75) is 52.1 Å². The highest BCUT2D eigenvalue weighted by Crippen LogP contribution is 2.25. The zero-order valence-corrected chi connectivity index (χ0v) is 22.4. The van der Waals surface area contributed by atoms with Gasteiger partial charge in [0.2, 0.25) is 5.91 Å². The SMILES string of the molecule is COC(=O)C(C)CC(NC(=O)c1ccc(-c2ncc(C)s2)cc1)C(=O)NC(C)(C)Cc1ccc(F)cc1. The van der Waals surface area contributed by atoms with Crippen LogP contribution in [0.5, 0.6) is 0 Å². The maximum atomic E-state index is 13.3. The molecule has 2 unspecified atom stereocenters. The third-order valence-corrected chi connectivity index (χ3v) is 6.81. The van der Waals surface area contributed by atoms with E-state index in [9.17, 15) is 18.8 Å². The maximum absolute atomic E-state index is 13.3. The molecule has 0 spiro atoms. The molecule has 0 radical (unpaired) electrons. The molecule has 37 heavy (non-hydrogen) atoms. The lowest BCUT2D eigenvalue weighted by Gasteiger charge is -2.30. The van der Waals surface area contributed by atoms with E-state index in [0.29, 0.717) is 12.0 Å². The van der Waals surface area contributed by atoms with Crippen LogP contribution in [0.2, 0.25) is 0 Å². The number of hydrogen-bond donors (Lipinski definition) is 2. The van der Waals surface area contributed by atoms with E-state index in [1.807, 2.05) is 32.9 Å². The third kappa shape index (κ3) is 7.95. The highest BCUT2D eigenvalue weighted by atomic mass is 32.1. The van der Waals surface area contributed by atoms with Gasteiger partial charge in [-0.1, -0.05) is 31.2 Å². The Labute approximate surface area is 220 Å². The van der Waals surface area contributed by atoms with Crippen LogP contribution >= 0.6 is 11.3 Å². The Morgan fingerprint density at radius 2 is 1.73 bits per heavy atom. The number of rotatable bonds is 10. The minimum absolute atomic E-state index is 0.0628. The predicted molar refractivity (Wildman–Crippen MR) is 142 cm³/mol. The zero-order valence-electron chi connectivity index (χ0n) is 21.6. The van der Waals surface area contributed by atoms with Gasteiger partial charge in [-0.2, -0.15) is 0 Å². The van der Waals surface area contributed by atoms with Crippen LogP contribution in [0, 0.1) is 18.7 Å². The number of aromatic nitrogens is 1. The molecular weight excluding hydrogens is 493 g/mol. The molecule has 0 aliphatic heterocycles. The minimum Gasteiger partial charge on any atom is -0.469 e. The Balaban J connectivity index is 1.74. The molecule has 0 bridgehead atoms. The molecule has 0 saturated heterocycles. The van der Waals surface area contributed by atoms with Crippen molar-refractivity contribution in [2.75, 3.05) is 7.11 Å². The number of nitrogens with zero attached hydrogens (tertiary/aromatic N) is 1. The van der Waals surface area contributed by atoms with Crippen LogP contribution < -0.4 is 10.6 Å². The number of carbonyl (C=O) groups excluding carboxylic acids is 3. The van der Waals surface area contributed by atoms with Gasteiger partial charge in [-0.15, -0.1) is 11.3 Å². The average molecular weight is 526 g/mol. The number of amides is 2. The van der Waals surface area contributed by atoms with E-state index in [-0.39, 0.29) is 12.2 Å². The lowest BCUT2D eigenvalue weighted by atomic mass is 9.93. The first-order valence-corrected chi connectivity index (χ1v) is 12.8. The van der Waals surface area contributed by atoms with E-state index in [1.54, 1.807) is 48.7 Å². The van der Waals surface area contributed by atoms with Crippen molar-refractivity contribution < 1.29 is 23.5 Å². The molecule has 1 heterocycles. The van der Waals surface area contributed by atoms with Crippen LogP contribution in [-0.4, -0.2) is 41.5 Å². The van der Waals surface area contributed by atoms with E-state index >= 15 is 0 Å². The molecule has 2 N–H and O–H groups in total. The number of methoxy groups -OCH3 is 1. The summed E-state index contributed by atoms with van der Waals surface area (Å²) >= 11 is 1.56. The van der Waals surface area contributed by atoms with Crippen molar-refractivity contribution in [3.05, 3.63) is 76.5 Å². The molecule has 196 valence electrons. The number of benzene rings is 2. The van der Waals surface area contributed by atoms with Gasteiger partial charge in [-0.3, -0.25) is 14.4 Å². The monoisotopic (exact) mass is 525 g/mol. The Kier molecular flexibility index (Phi) is 9.15. The van der Waals surface area contributed by atoms with Gasteiger partial charge < -0.3 is 15.4 Å². The standard InChI is InChI=1S/C28H32FN3O4S/c1-17(27(35)36-5)14-23(25(34)32-28(3,4)15-19-6-12-22(29)13-7-19)31-24(33)20-8-10-21(11-9-20)26-30-16-18(2)37-26/h6-13,16-17,23H,14-15H2,1-5H3,(H,31,33)(H,32,34). The summed E-state index contributed by atoms with van der Waals surface area (Å²) in [6, 6.07) is 12.1. The van der Waals surface area contributed by atoms with Crippen LogP contribution in [0.25, 0.3) is 10.6 Å². The summed E-state index contributed by atoms with van der Waals surface area (Å²) < 4.78 is 18.1. The quantitative estimate of drug-likeness (QED) is 0.374. The number of aryl methyl sites for hydroxylation is 1. The summed E-state index contributed by atoms with van der Waals surface area (Å²) in [5.41, 5.74) is 1.43. The number of carbonyl (C=O) groups is 3. The molecule has 2 atom stereocenters. The topological polar surface area (TPSA) is 97.4 Å². The van der Waals surface area contributed by atoms with Gasteiger partial charge >= 0.3 is 5.97 Å². The van der Waals surface area contributed by atoms with Crippen molar-refractivity contribution in [2.24, 2.45) is 5.92 Å². The van der Waals surface area contributed by atoms with Crippen molar-refractivity contribution in [3.8, 4) is 10.6 Å². The van der Waals surface area contributed by atoms with E-state index in [1.165, 1.54) is 19.2 Å². The third-order valence-electron chi connectivity index (χ3n) is 5.85. The van der Waals surface area contributed by atoms with Crippen LogP contribution in [-0.2, 0) is 20.7 Å². The van der Waals surface area contributed by atoms with Crippen LogP contribution in [0.15, 0.2) is 54.7 Å². The number of thiazole rings is 1. The average Bonchev–Trinajstić information content (AvgIpc) is 3.30. The van der Waals surface area contributed by atoms with Crippen molar-refractivity contribution in [1.82, 2.24) is 15.6 Å². The maximum Gasteiger partial charge on any atom is 0.308 e. The van der Waals surface area contributed by atoms with Gasteiger partial charge in [0.15, 0.2) is 0 Å². The minimum atomic E-state index is -0.976. The molecule has 2 aromatic carbocycles. The lowest BCUT2D eigenvalue weighted by molar-refractivity contribution is -0.145. The van der Waals surface area contributed by atoms with Crippen molar-refractivity contribution in [3.63, 3.8) is 0 Å². The van der Waals surface area contributed by atoms with E-state index in [2.05, 4.69) is 15.6 Å². The zero-order chi connectivity index (χ0) is 27.2. The summed E-state index contributed by atoms with van der Waals surface area (Å²) in [4.78, 5) is 43.9. The number of ether oxygens (including phenoxy) is 1. The summed E-state index contributed by atoms with van der Waals surface area (Å²) in [7, 11) is 1.28. The molecule has 2 amide bonds. The van der Waals surface area contributed by atoms with E-state index in [4.69, 9.17) is 4.74 Å². The van der Waals surface area contributed by atoms with E-state index < -0.39 is 35.3 Å². The molecular formula is C28H32FN3O4S. The van der Waals surface area contributed by atoms with Crippen LogP contribution in [0.3, 0.4) is 0 Å². The number of hydrogen-bond acceptors (Lipinski definition) is 6. The Bertz CT molecular complexity index is 1240. The molecule has 1 aromatic heterocycles. The molecule has 0 saturated carbocycles. The first-order chi connectivity index (χ1) is 17.5. The second-order valence-electron chi connectivity index (χ2n) is 9.72. The van der Waals surface area contributed by atoms with E-state index in [0.717, 1.165) is 21.0 Å². The number of nitrogens with one attached hydrogen (secondary N) is 2. The Hall–Kier alpha value is -3.59. The Morgan fingerprint density at radius 3 is 2.30 bits per heavy atom. The van der Waals surface area contributed by atoms with Gasteiger partial charge in [-0.25, -0.2) is 9.37 Å². The first kappa shape index (κ1) is 28.0. The molecule has 3 aromatic rings. The Morgan fingerprint density at radius 1 is 1.08 bits per heavy atom. The van der Waals surface area contributed by atoms with Crippen LogP contribution in [0.4, 0.5) is 4.39 Å². The largest absolute Gasteiger partial charge is 0.469 e. The molecule has 0 aliphatic rings. The van der Waals surface area contributed by atoms with Gasteiger partial charge in [0.25, 0.3) is 5.91 Å². The summed E-state index contributed by atoms with van der Waals surface area (Å²) in [5, 5.41) is 6.60. The van der Waals surface area contributed by atoms with Gasteiger partial charge in [0, 0.05) is 27.7 Å². The fourth-order valence-corrected chi connectivity index (χ4v) is 4.72. The fourth-order valence-electron chi connectivity index (χ4n) is 3.95. The molecule has 0 aliphatic carbocycles. The molecule has 7 nitrogen and oxygen atoms in total. The van der Waals surface area contributed by atoms with Gasteiger partial charge in [-0.05, 0) is 63.4 Å². The predicted octanol–water partition coefficient (Wildman–Crippen LogP) is 4.69. The van der Waals surface area contributed by atoms with Crippen molar-refractivity contribution in [1.29, 1.82) is 0 Å². The second-order valence-corrected chi connectivity index (χ2v) is 11.0. The lowest BCUT2D eigenvalue weighted by Crippen LogP contribution is -2.54. The normalized spacial score (nSPS) is 12.9.